The van der Waals surface area contributed by atoms with Crippen LogP contribution in [0.1, 0.15) is 93.4 Å². The molecule has 20 atom stereocenters. The van der Waals surface area contributed by atoms with Crippen molar-refractivity contribution in [2.75, 3.05) is 13.2 Å². The van der Waals surface area contributed by atoms with E-state index in [2.05, 4.69) is 26.8 Å². The quantitative estimate of drug-likeness (QED) is 0.129. The lowest BCUT2D eigenvalue weighted by atomic mass is 9.33. The summed E-state index contributed by atoms with van der Waals surface area (Å²) in [7, 11) is 0. The minimum Gasteiger partial charge on any atom is -0.481 e. The van der Waals surface area contributed by atoms with Crippen LogP contribution in [0.5, 0.6) is 0 Å². The first kappa shape index (κ1) is 42.8. The van der Waals surface area contributed by atoms with Gasteiger partial charge < -0.3 is 70.0 Å². The molecular weight excluding hydrogens is 732 g/mol. The van der Waals surface area contributed by atoms with Crippen molar-refractivity contribution in [2.24, 2.45) is 50.2 Å². The van der Waals surface area contributed by atoms with Gasteiger partial charge in [0.25, 0.3) is 0 Å². The summed E-state index contributed by atoms with van der Waals surface area (Å²) in [5, 5.41) is 108. The van der Waals surface area contributed by atoms with Crippen LogP contribution in [0.2, 0.25) is 0 Å². The number of rotatable bonds is 6. The van der Waals surface area contributed by atoms with E-state index in [1.54, 1.807) is 0 Å². The average molecular weight is 799 g/mol. The zero-order valence-electron chi connectivity index (χ0n) is 33.7. The molecule has 6 fully saturated rings. The van der Waals surface area contributed by atoms with E-state index in [1.807, 2.05) is 27.7 Å². The number of hydrogen-bond donors (Lipinski definition) is 10. The van der Waals surface area contributed by atoms with Crippen LogP contribution in [-0.4, -0.2) is 150 Å². The largest absolute Gasteiger partial charge is 0.481 e. The molecular formula is C41H66O15. The third-order valence-electron chi connectivity index (χ3n) is 17.0. The molecule has 10 N–H and O–H groups in total. The first-order valence-corrected chi connectivity index (χ1v) is 20.5. The summed E-state index contributed by atoms with van der Waals surface area (Å²) in [6, 6.07) is 0. The summed E-state index contributed by atoms with van der Waals surface area (Å²) in [5.74, 6) is -1.65. The molecule has 15 heteroatoms. The van der Waals surface area contributed by atoms with E-state index in [-0.39, 0.29) is 31.3 Å². The van der Waals surface area contributed by atoms with Gasteiger partial charge in [-0.05, 0) is 89.8 Å². The van der Waals surface area contributed by atoms with Gasteiger partial charge in [-0.2, -0.15) is 0 Å². The van der Waals surface area contributed by atoms with Crippen LogP contribution in [-0.2, 0) is 23.7 Å². The molecule has 0 radical (unpaired) electrons. The Labute approximate surface area is 328 Å². The van der Waals surface area contributed by atoms with E-state index < -0.39 is 131 Å². The number of carboxylic acids is 1. The van der Waals surface area contributed by atoms with Gasteiger partial charge in [0, 0.05) is 0 Å². The molecule has 5 aliphatic carbocycles. The number of hydrogen-bond acceptors (Lipinski definition) is 14. The number of aliphatic hydroxyl groups is 9. The van der Waals surface area contributed by atoms with Gasteiger partial charge in [0.15, 0.2) is 12.6 Å². The summed E-state index contributed by atoms with van der Waals surface area (Å²) in [4.78, 5) is 13.8. The van der Waals surface area contributed by atoms with Crippen LogP contribution in [0.25, 0.3) is 0 Å². The van der Waals surface area contributed by atoms with Gasteiger partial charge >= 0.3 is 5.97 Å². The monoisotopic (exact) mass is 798 g/mol. The second kappa shape index (κ2) is 14.1. The molecule has 2 aliphatic heterocycles. The standard InChI is InChI=1S/C41H66O15/c1-36(2)12-19-18-8-9-24-38(5)13-20(43)32(56-34-31(50)29(48)28(47)22(16-42)54-34)37(3,4)23(38)10-11-39(24,6)40(18,7)15-26(41(19,35(51)52)14-25(36)45)55-33-30(49)27(46)21(44)17-53-33/h8,19-34,42-50H,9-17H2,1-7H3,(H,51,52)/t19-,20-,21+,22+,23-,24+,25-,26?,27-,28+,29-,30+,31+,32?,33-,34-,38-,39+,40+,41+/m0/s1. The van der Waals surface area contributed by atoms with E-state index in [0.717, 1.165) is 18.4 Å². The van der Waals surface area contributed by atoms with Crippen molar-refractivity contribution in [3.05, 3.63) is 11.6 Å². The third kappa shape index (κ3) is 5.96. The van der Waals surface area contributed by atoms with Crippen molar-refractivity contribution in [1.82, 2.24) is 0 Å². The van der Waals surface area contributed by atoms with Gasteiger partial charge in [-0.25, -0.2) is 0 Å². The molecule has 4 saturated carbocycles. The molecule has 2 unspecified atom stereocenters. The highest BCUT2D eigenvalue weighted by atomic mass is 16.7. The molecule has 56 heavy (non-hydrogen) atoms. The molecule has 0 bridgehead atoms. The van der Waals surface area contributed by atoms with Crippen molar-refractivity contribution in [3.8, 4) is 0 Å². The van der Waals surface area contributed by atoms with E-state index in [9.17, 15) is 55.9 Å². The fourth-order valence-corrected chi connectivity index (χ4v) is 13.6. The molecule has 320 valence electrons. The molecule has 0 aromatic carbocycles. The Balaban J connectivity index is 1.25. The molecule has 7 aliphatic rings. The zero-order valence-corrected chi connectivity index (χ0v) is 33.7. The van der Waals surface area contributed by atoms with E-state index in [1.165, 1.54) is 0 Å². The Morgan fingerprint density at radius 1 is 0.786 bits per heavy atom. The van der Waals surface area contributed by atoms with Crippen LogP contribution in [0, 0.1) is 50.2 Å². The predicted molar refractivity (Wildman–Crippen MR) is 196 cm³/mol. The maximum Gasteiger partial charge on any atom is 0.313 e. The van der Waals surface area contributed by atoms with E-state index in [0.29, 0.717) is 19.3 Å². The molecule has 0 aromatic heterocycles. The van der Waals surface area contributed by atoms with Crippen LogP contribution < -0.4 is 0 Å². The molecule has 2 heterocycles. The van der Waals surface area contributed by atoms with E-state index in [4.69, 9.17) is 18.9 Å². The fourth-order valence-electron chi connectivity index (χ4n) is 13.6. The number of aliphatic hydroxyl groups excluding tert-OH is 9. The lowest BCUT2D eigenvalue weighted by Crippen LogP contribution is -2.70. The predicted octanol–water partition coefficient (Wildman–Crippen LogP) is 0.434. The number of fused-ring (bicyclic) bond motifs is 7. The van der Waals surface area contributed by atoms with Gasteiger partial charge in [-0.1, -0.05) is 60.1 Å². The molecule has 0 spiro atoms. The Kier molecular flexibility index (Phi) is 10.8. The maximum absolute atomic E-state index is 13.8. The lowest BCUT2D eigenvalue weighted by Gasteiger charge is -2.72. The van der Waals surface area contributed by atoms with Crippen LogP contribution in [0.3, 0.4) is 0 Å². The first-order chi connectivity index (χ1) is 25.9. The van der Waals surface area contributed by atoms with Crippen molar-refractivity contribution in [1.29, 1.82) is 0 Å². The number of carbonyl (C=O) groups is 1. The van der Waals surface area contributed by atoms with E-state index >= 15 is 0 Å². The summed E-state index contributed by atoms with van der Waals surface area (Å²) in [5.41, 5.74) is -3.41. The van der Waals surface area contributed by atoms with Crippen molar-refractivity contribution >= 4 is 5.97 Å². The Morgan fingerprint density at radius 3 is 2.09 bits per heavy atom. The molecule has 15 nitrogen and oxygen atoms in total. The highest BCUT2D eigenvalue weighted by molar-refractivity contribution is 5.78. The topological polar surface area (TPSA) is 256 Å². The Bertz CT molecular complexity index is 1540. The number of carboxylic acid groups (broad SMARTS) is 1. The van der Waals surface area contributed by atoms with Gasteiger partial charge in [0.2, 0.25) is 0 Å². The van der Waals surface area contributed by atoms with Gasteiger partial charge in [0.05, 0.1) is 37.6 Å². The van der Waals surface area contributed by atoms with Crippen molar-refractivity contribution in [3.63, 3.8) is 0 Å². The molecule has 0 aromatic rings. The number of ether oxygens (including phenoxy) is 4. The highest BCUT2D eigenvalue weighted by Crippen LogP contribution is 2.76. The SMILES string of the molecule is CC1(C)C[C@H]2C3=CC[C@@H]4[C@@]5(C)C[C@H](O)C(O[C@@H]6O[C@H](CO)[C@@H](O)[C@H](O)[C@H]6O)C(C)(C)[C@@H]5CC[C@@]4(C)[C@]3(C)CC(O[C@@H]3OC[C@@H](O)[C@H](O)[C@H]3O)[C@@]2(C(=O)O)C[C@@H]1O. The van der Waals surface area contributed by atoms with Crippen molar-refractivity contribution < 1.29 is 74.8 Å². The normalized spacial score (nSPS) is 55.1. The summed E-state index contributed by atoms with van der Waals surface area (Å²) in [6.07, 6.45) is -12.0. The van der Waals surface area contributed by atoms with Crippen molar-refractivity contribution in [2.45, 2.75) is 173 Å². The second-order valence-electron chi connectivity index (χ2n) is 20.5. The molecule has 2 saturated heterocycles. The number of allylic oxidation sites excluding steroid dienone is 2. The van der Waals surface area contributed by atoms with Gasteiger partial charge in [-0.3, -0.25) is 4.79 Å². The minimum atomic E-state index is -1.63. The summed E-state index contributed by atoms with van der Waals surface area (Å²) < 4.78 is 24.3. The summed E-state index contributed by atoms with van der Waals surface area (Å²) >= 11 is 0. The van der Waals surface area contributed by atoms with Gasteiger partial charge in [-0.15, -0.1) is 0 Å². The molecule has 0 amide bonds. The first-order valence-electron chi connectivity index (χ1n) is 20.5. The van der Waals surface area contributed by atoms with Crippen LogP contribution >= 0.6 is 0 Å². The van der Waals surface area contributed by atoms with Crippen LogP contribution in [0.4, 0.5) is 0 Å². The smallest absolute Gasteiger partial charge is 0.313 e. The maximum atomic E-state index is 13.8. The Hall–Kier alpha value is -1.31. The van der Waals surface area contributed by atoms with Crippen LogP contribution in [0.15, 0.2) is 11.6 Å². The minimum absolute atomic E-state index is 0.00104. The summed E-state index contributed by atoms with van der Waals surface area (Å²) in [6.45, 7) is 13.7. The molecule has 7 rings (SSSR count). The number of aliphatic carboxylic acids is 1. The highest BCUT2D eigenvalue weighted by Gasteiger charge is 2.73. The lowest BCUT2D eigenvalue weighted by molar-refractivity contribution is -0.342. The fraction of sp³-hybridized carbons (Fsp3) is 0.927. The second-order valence-corrected chi connectivity index (χ2v) is 20.5. The van der Waals surface area contributed by atoms with Gasteiger partial charge in [0.1, 0.15) is 48.1 Å². The third-order valence-corrected chi connectivity index (χ3v) is 17.0. The zero-order chi connectivity index (χ0) is 41.3. The average Bonchev–Trinajstić information content (AvgIpc) is 3.11. The Morgan fingerprint density at radius 2 is 1.45 bits per heavy atom.